The summed E-state index contributed by atoms with van der Waals surface area (Å²) in [5.74, 6) is -2.55. The summed E-state index contributed by atoms with van der Waals surface area (Å²) < 4.78 is 0. The molecular formula is C18H32N8O4. The number of hydrogen-bond acceptors (Lipinski definition) is 6. The Balaban J connectivity index is 2.74. The lowest BCUT2D eigenvalue weighted by Gasteiger charge is -2.26. The highest BCUT2D eigenvalue weighted by molar-refractivity contribution is 5.92. The molecule has 168 valence electrons. The molecule has 1 heterocycles. The van der Waals surface area contributed by atoms with Crippen LogP contribution in [0, 0.1) is 5.92 Å². The first-order chi connectivity index (χ1) is 14.1. The Kier molecular flexibility index (Phi) is 10.3. The smallest absolute Gasteiger partial charge is 0.326 e. The molecule has 2 amide bonds. The Hall–Kier alpha value is -3.15. The molecule has 0 fully saturated rings. The number of guanidine groups is 1. The third-order valence-electron chi connectivity index (χ3n) is 4.69. The highest BCUT2D eigenvalue weighted by Gasteiger charge is 2.31. The number of aliphatic carboxylic acids is 1. The average molecular weight is 425 g/mol. The Morgan fingerprint density at radius 3 is 2.50 bits per heavy atom. The fourth-order valence-electron chi connectivity index (χ4n) is 2.69. The average Bonchev–Trinajstić information content (AvgIpc) is 3.20. The van der Waals surface area contributed by atoms with Gasteiger partial charge in [0.15, 0.2) is 5.96 Å². The monoisotopic (exact) mass is 424 g/mol. The number of aromatic amines is 1. The largest absolute Gasteiger partial charge is 0.480 e. The summed E-state index contributed by atoms with van der Waals surface area (Å²) in [6.45, 7) is 4.00. The van der Waals surface area contributed by atoms with Gasteiger partial charge in [0.05, 0.1) is 12.4 Å². The quantitative estimate of drug-likeness (QED) is 0.111. The van der Waals surface area contributed by atoms with Crippen LogP contribution in [0.2, 0.25) is 0 Å². The van der Waals surface area contributed by atoms with Crippen molar-refractivity contribution in [2.24, 2.45) is 28.1 Å². The van der Waals surface area contributed by atoms with Crippen LogP contribution in [-0.4, -0.2) is 63.5 Å². The zero-order valence-corrected chi connectivity index (χ0v) is 17.3. The van der Waals surface area contributed by atoms with E-state index in [0.717, 1.165) is 0 Å². The second kappa shape index (κ2) is 12.4. The molecule has 1 aromatic rings. The lowest BCUT2D eigenvalue weighted by molar-refractivity contribution is -0.142. The highest BCUT2D eigenvalue weighted by atomic mass is 16.4. The molecule has 12 heteroatoms. The van der Waals surface area contributed by atoms with Crippen molar-refractivity contribution in [2.45, 2.75) is 57.7 Å². The molecule has 1 aromatic heterocycles. The van der Waals surface area contributed by atoms with E-state index >= 15 is 0 Å². The summed E-state index contributed by atoms with van der Waals surface area (Å²) in [7, 11) is 0. The normalized spacial score (nSPS) is 14.8. The van der Waals surface area contributed by atoms with E-state index in [1.807, 2.05) is 6.92 Å². The Labute approximate surface area is 175 Å². The second-order valence-electron chi connectivity index (χ2n) is 7.11. The number of amides is 2. The van der Waals surface area contributed by atoms with Crippen molar-refractivity contribution >= 4 is 23.7 Å². The minimum Gasteiger partial charge on any atom is -0.480 e. The number of carboxylic acid groups (broad SMARTS) is 1. The van der Waals surface area contributed by atoms with Crippen LogP contribution in [0.25, 0.3) is 0 Å². The summed E-state index contributed by atoms with van der Waals surface area (Å²) in [5.41, 5.74) is 17.0. The molecule has 12 nitrogen and oxygen atoms in total. The van der Waals surface area contributed by atoms with Gasteiger partial charge in [-0.05, 0) is 18.8 Å². The van der Waals surface area contributed by atoms with Gasteiger partial charge >= 0.3 is 5.97 Å². The van der Waals surface area contributed by atoms with Crippen LogP contribution in [0.3, 0.4) is 0 Å². The van der Waals surface area contributed by atoms with Crippen LogP contribution < -0.4 is 27.8 Å². The van der Waals surface area contributed by atoms with E-state index in [9.17, 15) is 19.5 Å². The van der Waals surface area contributed by atoms with Gasteiger partial charge < -0.3 is 37.9 Å². The van der Waals surface area contributed by atoms with Crippen LogP contribution >= 0.6 is 0 Å². The first-order valence-corrected chi connectivity index (χ1v) is 9.77. The first-order valence-electron chi connectivity index (χ1n) is 9.77. The van der Waals surface area contributed by atoms with E-state index in [0.29, 0.717) is 31.5 Å². The van der Waals surface area contributed by atoms with Crippen molar-refractivity contribution < 1.29 is 19.5 Å². The number of carboxylic acids is 1. The minimum absolute atomic E-state index is 0.0343. The van der Waals surface area contributed by atoms with Gasteiger partial charge in [0.25, 0.3) is 0 Å². The van der Waals surface area contributed by atoms with Crippen molar-refractivity contribution in [3.05, 3.63) is 18.2 Å². The Bertz CT molecular complexity index is 718. The molecule has 0 aromatic carbocycles. The maximum absolute atomic E-state index is 12.8. The van der Waals surface area contributed by atoms with Crippen molar-refractivity contribution in [3.63, 3.8) is 0 Å². The van der Waals surface area contributed by atoms with E-state index in [4.69, 9.17) is 17.2 Å². The summed E-state index contributed by atoms with van der Waals surface area (Å²) in [6, 6.07) is -2.94. The van der Waals surface area contributed by atoms with Crippen LogP contribution in [0.4, 0.5) is 0 Å². The zero-order chi connectivity index (χ0) is 22.7. The van der Waals surface area contributed by atoms with Gasteiger partial charge in [-0.15, -0.1) is 0 Å². The van der Waals surface area contributed by atoms with Crippen LogP contribution in [-0.2, 0) is 20.8 Å². The van der Waals surface area contributed by atoms with Crippen LogP contribution in [0.5, 0.6) is 0 Å². The van der Waals surface area contributed by atoms with E-state index in [1.54, 1.807) is 6.92 Å². The molecule has 0 aliphatic rings. The van der Waals surface area contributed by atoms with Gasteiger partial charge in [0.1, 0.15) is 12.1 Å². The van der Waals surface area contributed by atoms with Gasteiger partial charge in [-0.2, -0.15) is 0 Å². The molecule has 30 heavy (non-hydrogen) atoms. The number of nitrogens with one attached hydrogen (secondary N) is 3. The number of aliphatic imine (C=N–C) groups is 1. The predicted octanol–water partition coefficient (Wildman–Crippen LogP) is -1.57. The number of rotatable bonds is 13. The molecule has 0 saturated heterocycles. The lowest BCUT2D eigenvalue weighted by Crippen LogP contribution is -2.57. The summed E-state index contributed by atoms with van der Waals surface area (Å²) in [6.07, 6.45) is 4.36. The molecule has 0 radical (unpaired) electrons. The molecule has 10 N–H and O–H groups in total. The number of imidazole rings is 1. The number of nitrogens with zero attached hydrogens (tertiary/aromatic N) is 2. The molecule has 0 bridgehead atoms. The molecule has 4 atom stereocenters. The molecule has 1 rings (SSSR count). The van der Waals surface area contributed by atoms with Crippen molar-refractivity contribution in [1.82, 2.24) is 20.6 Å². The van der Waals surface area contributed by atoms with Crippen molar-refractivity contribution in [2.75, 3.05) is 6.54 Å². The third kappa shape index (κ3) is 8.47. The van der Waals surface area contributed by atoms with Crippen molar-refractivity contribution in [3.8, 4) is 0 Å². The number of H-pyrrole nitrogens is 1. The predicted molar refractivity (Wildman–Crippen MR) is 111 cm³/mol. The van der Waals surface area contributed by atoms with Gasteiger partial charge in [-0.1, -0.05) is 20.3 Å². The highest BCUT2D eigenvalue weighted by Crippen LogP contribution is 2.10. The molecule has 0 spiro atoms. The Morgan fingerprint density at radius 1 is 1.27 bits per heavy atom. The van der Waals surface area contributed by atoms with Crippen LogP contribution in [0.1, 0.15) is 38.8 Å². The number of carbonyl (C=O) groups is 3. The number of nitrogens with two attached hydrogens (primary N) is 3. The number of aromatic nitrogens is 2. The maximum Gasteiger partial charge on any atom is 0.326 e. The number of hydrogen-bond donors (Lipinski definition) is 7. The molecular weight excluding hydrogens is 392 g/mol. The van der Waals surface area contributed by atoms with E-state index < -0.39 is 35.9 Å². The topological polar surface area (TPSA) is 215 Å². The molecule has 0 aliphatic carbocycles. The summed E-state index contributed by atoms with van der Waals surface area (Å²) >= 11 is 0. The summed E-state index contributed by atoms with van der Waals surface area (Å²) in [4.78, 5) is 47.3. The third-order valence-corrected chi connectivity index (χ3v) is 4.69. The molecule has 0 unspecified atom stereocenters. The van der Waals surface area contributed by atoms with Gasteiger partial charge in [0.2, 0.25) is 11.8 Å². The van der Waals surface area contributed by atoms with Crippen molar-refractivity contribution in [1.29, 1.82) is 0 Å². The fraction of sp³-hybridized carbons (Fsp3) is 0.611. The van der Waals surface area contributed by atoms with Gasteiger partial charge in [0, 0.05) is 24.9 Å². The minimum atomic E-state index is -1.19. The van der Waals surface area contributed by atoms with E-state index in [1.165, 1.54) is 12.5 Å². The molecule has 0 saturated carbocycles. The zero-order valence-electron chi connectivity index (χ0n) is 17.3. The van der Waals surface area contributed by atoms with E-state index in [2.05, 4.69) is 25.6 Å². The Morgan fingerprint density at radius 2 is 1.97 bits per heavy atom. The SMILES string of the molecule is CC[C@H](C)[C@H](NC(=O)[C@@H](N)CCCN=C(N)N)C(=O)N[C@@H](Cc1cnc[nH]1)C(=O)O. The van der Waals surface area contributed by atoms with Crippen LogP contribution in [0.15, 0.2) is 17.5 Å². The standard InChI is InChI=1S/C18H32N8O4/c1-3-10(2)14(26-15(27)12(19)5-4-6-23-18(20)21)16(28)25-13(17(29)30)7-11-8-22-9-24-11/h8-10,12-14H,3-7,19H2,1-2H3,(H,22,24)(H,25,28)(H,26,27)(H,29,30)(H4,20,21,23)/t10-,12-,13-,14-/m0/s1. The van der Waals surface area contributed by atoms with E-state index in [-0.39, 0.29) is 18.3 Å². The fourth-order valence-corrected chi connectivity index (χ4v) is 2.69. The van der Waals surface area contributed by atoms with Gasteiger partial charge in [-0.25, -0.2) is 9.78 Å². The number of carbonyl (C=O) groups excluding carboxylic acids is 2. The molecule has 0 aliphatic heterocycles. The van der Waals surface area contributed by atoms with Gasteiger partial charge in [-0.3, -0.25) is 14.6 Å². The lowest BCUT2D eigenvalue weighted by atomic mass is 9.97. The summed E-state index contributed by atoms with van der Waals surface area (Å²) in [5, 5.41) is 14.6. The maximum atomic E-state index is 12.8. The second-order valence-corrected chi connectivity index (χ2v) is 7.11. The first kappa shape index (κ1) is 24.9.